The highest BCUT2D eigenvalue weighted by atomic mass is 16.3. The third-order valence-electron chi connectivity index (χ3n) is 2.09. The standard InChI is InChI=1S/C9H13NO3/c1-3-6(2)9(13)10-7(11)4-5-8(10)12/h4-6,11-12H,3H2,1-2H3. The van der Waals surface area contributed by atoms with Crippen LogP contribution in [0.25, 0.3) is 0 Å². The molecule has 1 aromatic heterocycles. The van der Waals surface area contributed by atoms with Crippen molar-refractivity contribution in [3.63, 3.8) is 0 Å². The Kier molecular flexibility index (Phi) is 2.60. The number of carbonyl (C=O) groups excluding carboxylic acids is 1. The molecule has 2 N–H and O–H groups in total. The van der Waals surface area contributed by atoms with Crippen molar-refractivity contribution in [2.45, 2.75) is 20.3 Å². The predicted molar refractivity (Wildman–Crippen MR) is 47.8 cm³/mol. The predicted octanol–water partition coefficient (Wildman–Crippen LogP) is 1.59. The number of hydrogen-bond acceptors (Lipinski definition) is 3. The van der Waals surface area contributed by atoms with Gasteiger partial charge in [0.2, 0.25) is 17.7 Å². The van der Waals surface area contributed by atoms with Crippen molar-refractivity contribution in [1.82, 2.24) is 4.57 Å². The highest BCUT2D eigenvalue weighted by Crippen LogP contribution is 2.23. The summed E-state index contributed by atoms with van der Waals surface area (Å²) in [5, 5.41) is 18.5. The molecular weight excluding hydrogens is 170 g/mol. The second-order valence-electron chi connectivity index (χ2n) is 3.03. The molecule has 0 saturated carbocycles. The number of hydrogen-bond donors (Lipinski definition) is 2. The monoisotopic (exact) mass is 183 g/mol. The molecule has 0 aromatic carbocycles. The lowest BCUT2D eigenvalue weighted by Gasteiger charge is -2.09. The molecule has 0 aliphatic carbocycles. The van der Waals surface area contributed by atoms with Gasteiger partial charge in [0.25, 0.3) is 0 Å². The van der Waals surface area contributed by atoms with Gasteiger partial charge in [0.15, 0.2) is 0 Å². The molecule has 13 heavy (non-hydrogen) atoms. The Labute approximate surface area is 76.4 Å². The minimum absolute atomic E-state index is 0.204. The number of aromatic nitrogens is 1. The normalized spacial score (nSPS) is 12.8. The van der Waals surface area contributed by atoms with Gasteiger partial charge in [-0.3, -0.25) is 4.79 Å². The molecule has 0 aliphatic rings. The first kappa shape index (κ1) is 9.64. The van der Waals surface area contributed by atoms with Crippen LogP contribution in [0.3, 0.4) is 0 Å². The summed E-state index contributed by atoms with van der Waals surface area (Å²) in [6.07, 6.45) is 0.676. The second-order valence-corrected chi connectivity index (χ2v) is 3.03. The number of carbonyl (C=O) groups is 1. The molecular formula is C9H13NO3. The summed E-state index contributed by atoms with van der Waals surface area (Å²) in [4.78, 5) is 11.5. The average molecular weight is 183 g/mol. The molecule has 1 heterocycles. The summed E-state index contributed by atoms with van der Waals surface area (Å²) >= 11 is 0. The van der Waals surface area contributed by atoms with E-state index in [4.69, 9.17) is 0 Å². The van der Waals surface area contributed by atoms with Crippen LogP contribution in [-0.4, -0.2) is 20.7 Å². The van der Waals surface area contributed by atoms with Gasteiger partial charge in [0.05, 0.1) is 0 Å². The maximum atomic E-state index is 11.5. The Morgan fingerprint density at radius 3 is 2.31 bits per heavy atom. The zero-order valence-electron chi connectivity index (χ0n) is 7.69. The SMILES string of the molecule is CCC(C)C(=O)n1c(O)ccc1O. The summed E-state index contributed by atoms with van der Waals surface area (Å²) in [5.41, 5.74) is 0. The first-order valence-electron chi connectivity index (χ1n) is 4.21. The fourth-order valence-corrected chi connectivity index (χ4v) is 1.04. The van der Waals surface area contributed by atoms with E-state index < -0.39 is 0 Å². The van der Waals surface area contributed by atoms with Gasteiger partial charge in [-0.1, -0.05) is 13.8 Å². The molecule has 4 heteroatoms. The molecule has 1 unspecified atom stereocenters. The Morgan fingerprint density at radius 2 is 1.92 bits per heavy atom. The van der Waals surface area contributed by atoms with Gasteiger partial charge in [0.1, 0.15) is 0 Å². The molecule has 4 nitrogen and oxygen atoms in total. The van der Waals surface area contributed by atoms with Crippen molar-refractivity contribution in [1.29, 1.82) is 0 Å². The van der Waals surface area contributed by atoms with Crippen molar-refractivity contribution in [2.24, 2.45) is 5.92 Å². The minimum atomic E-state index is -0.289. The van der Waals surface area contributed by atoms with E-state index >= 15 is 0 Å². The first-order valence-corrected chi connectivity index (χ1v) is 4.21. The molecule has 1 aromatic rings. The summed E-state index contributed by atoms with van der Waals surface area (Å²) in [7, 11) is 0. The Morgan fingerprint density at radius 1 is 1.46 bits per heavy atom. The maximum Gasteiger partial charge on any atom is 0.239 e. The van der Waals surface area contributed by atoms with E-state index in [1.165, 1.54) is 12.1 Å². The largest absolute Gasteiger partial charge is 0.494 e. The van der Waals surface area contributed by atoms with Crippen LogP contribution in [0.1, 0.15) is 25.1 Å². The smallest absolute Gasteiger partial charge is 0.239 e. The van der Waals surface area contributed by atoms with Crippen LogP contribution in [0.5, 0.6) is 11.8 Å². The van der Waals surface area contributed by atoms with Crippen molar-refractivity contribution in [2.75, 3.05) is 0 Å². The third-order valence-corrected chi connectivity index (χ3v) is 2.09. The lowest BCUT2D eigenvalue weighted by Crippen LogP contribution is -2.17. The second kappa shape index (κ2) is 3.51. The Bertz CT molecular complexity index is 297. The zero-order valence-corrected chi connectivity index (χ0v) is 7.69. The van der Waals surface area contributed by atoms with E-state index in [2.05, 4.69) is 0 Å². The zero-order chi connectivity index (χ0) is 10.0. The van der Waals surface area contributed by atoms with Gasteiger partial charge in [-0.25, -0.2) is 4.57 Å². The lowest BCUT2D eigenvalue weighted by atomic mass is 10.1. The Balaban J connectivity index is 3.01. The van der Waals surface area contributed by atoms with Gasteiger partial charge >= 0.3 is 0 Å². The van der Waals surface area contributed by atoms with Crippen LogP contribution < -0.4 is 0 Å². The molecule has 0 fully saturated rings. The topological polar surface area (TPSA) is 62.5 Å². The molecule has 0 spiro atoms. The molecule has 1 atom stereocenters. The molecule has 0 saturated heterocycles. The van der Waals surface area contributed by atoms with E-state index in [-0.39, 0.29) is 23.6 Å². The van der Waals surface area contributed by atoms with Crippen molar-refractivity contribution < 1.29 is 15.0 Å². The van der Waals surface area contributed by atoms with Crippen LogP contribution >= 0.6 is 0 Å². The summed E-state index contributed by atoms with van der Waals surface area (Å²) in [6, 6.07) is 2.57. The van der Waals surface area contributed by atoms with Crippen LogP contribution in [-0.2, 0) is 0 Å². The van der Waals surface area contributed by atoms with Crippen molar-refractivity contribution >= 4 is 5.91 Å². The van der Waals surface area contributed by atoms with Crippen LogP contribution in [0.15, 0.2) is 12.1 Å². The highest BCUT2D eigenvalue weighted by Gasteiger charge is 2.18. The van der Waals surface area contributed by atoms with Gasteiger partial charge < -0.3 is 10.2 Å². The summed E-state index contributed by atoms with van der Waals surface area (Å²) in [5.74, 6) is -0.933. The molecule has 0 amide bonds. The van der Waals surface area contributed by atoms with Crippen molar-refractivity contribution in [3.8, 4) is 11.8 Å². The van der Waals surface area contributed by atoms with Crippen LogP contribution in [0, 0.1) is 5.92 Å². The lowest BCUT2D eigenvalue weighted by molar-refractivity contribution is 0.0822. The fraction of sp³-hybridized carbons (Fsp3) is 0.444. The average Bonchev–Trinajstić information content (AvgIpc) is 2.44. The summed E-state index contributed by atoms with van der Waals surface area (Å²) in [6.45, 7) is 3.63. The van der Waals surface area contributed by atoms with Gasteiger partial charge in [-0.15, -0.1) is 0 Å². The quantitative estimate of drug-likeness (QED) is 0.731. The first-order chi connectivity index (χ1) is 6.07. The maximum absolute atomic E-state index is 11.5. The van der Waals surface area contributed by atoms with Gasteiger partial charge in [-0.05, 0) is 6.42 Å². The van der Waals surface area contributed by atoms with E-state index in [9.17, 15) is 15.0 Å². The van der Waals surface area contributed by atoms with E-state index in [0.717, 1.165) is 4.57 Å². The van der Waals surface area contributed by atoms with Gasteiger partial charge in [0, 0.05) is 18.1 Å². The highest BCUT2D eigenvalue weighted by molar-refractivity contribution is 5.84. The molecule has 72 valence electrons. The van der Waals surface area contributed by atoms with E-state index in [1.807, 2.05) is 6.92 Å². The van der Waals surface area contributed by atoms with E-state index in [1.54, 1.807) is 6.92 Å². The van der Waals surface area contributed by atoms with Gasteiger partial charge in [-0.2, -0.15) is 0 Å². The number of aromatic hydroxyl groups is 2. The molecule has 0 aliphatic heterocycles. The fourth-order valence-electron chi connectivity index (χ4n) is 1.04. The number of nitrogens with zero attached hydrogens (tertiary/aromatic N) is 1. The van der Waals surface area contributed by atoms with Crippen LogP contribution in [0.4, 0.5) is 0 Å². The molecule has 0 radical (unpaired) electrons. The van der Waals surface area contributed by atoms with E-state index in [0.29, 0.717) is 6.42 Å². The summed E-state index contributed by atoms with van der Waals surface area (Å²) < 4.78 is 0.911. The van der Waals surface area contributed by atoms with Crippen LogP contribution in [0.2, 0.25) is 0 Å². The number of rotatable bonds is 2. The Hall–Kier alpha value is -1.45. The minimum Gasteiger partial charge on any atom is -0.494 e. The third kappa shape index (κ3) is 1.66. The van der Waals surface area contributed by atoms with Crippen molar-refractivity contribution in [3.05, 3.63) is 12.1 Å². The molecule has 1 rings (SSSR count). The molecule has 0 bridgehead atoms.